The Hall–Kier alpha value is -0.870. The van der Waals surface area contributed by atoms with Crippen LogP contribution in [0.25, 0.3) is 0 Å². The van der Waals surface area contributed by atoms with Crippen LogP contribution in [-0.4, -0.2) is 19.0 Å². The lowest BCUT2D eigenvalue weighted by Crippen LogP contribution is -2.40. The molecule has 0 saturated heterocycles. The van der Waals surface area contributed by atoms with Crippen molar-refractivity contribution in [3.63, 3.8) is 0 Å². The molecule has 4 heteroatoms. The zero-order valence-electron chi connectivity index (χ0n) is 8.53. The molecule has 1 heterocycles. The zero-order valence-corrected chi connectivity index (χ0v) is 10.1. The number of nitrogens with two attached hydrogens (primary N) is 1. The molecule has 3 nitrogen and oxygen atoms in total. The van der Waals surface area contributed by atoms with Gasteiger partial charge in [-0.25, -0.2) is 0 Å². The Kier molecular flexibility index (Phi) is 2.80. The second-order valence-electron chi connectivity index (χ2n) is 3.82. The lowest BCUT2D eigenvalue weighted by atomic mass is 10.1. The molecule has 0 aliphatic carbocycles. The molecule has 0 radical (unpaired) electrons. The maximum atomic E-state index is 11.8. The van der Waals surface area contributed by atoms with Gasteiger partial charge in [-0.15, -0.1) is 0 Å². The van der Waals surface area contributed by atoms with Gasteiger partial charge in [0, 0.05) is 17.2 Å². The molecule has 1 aliphatic rings. The first kappa shape index (κ1) is 10.6. The van der Waals surface area contributed by atoms with E-state index >= 15 is 0 Å². The maximum Gasteiger partial charge on any atom is 0.243 e. The average molecular weight is 269 g/mol. The van der Waals surface area contributed by atoms with Crippen LogP contribution in [0, 0.1) is 0 Å². The number of carbonyl (C=O) groups is 1. The Morgan fingerprint density at radius 3 is 3.00 bits per heavy atom. The molecule has 1 amide bonds. The Morgan fingerprint density at radius 1 is 1.53 bits per heavy atom. The number of halogens is 1. The molecule has 1 atom stereocenters. The van der Waals surface area contributed by atoms with E-state index in [4.69, 9.17) is 5.73 Å². The van der Waals surface area contributed by atoms with Crippen LogP contribution >= 0.6 is 15.9 Å². The average Bonchev–Trinajstić information content (AvgIpc) is 2.32. The van der Waals surface area contributed by atoms with Crippen molar-refractivity contribution in [2.24, 2.45) is 5.73 Å². The van der Waals surface area contributed by atoms with E-state index in [1.165, 1.54) is 5.56 Å². The first-order valence-corrected chi connectivity index (χ1v) is 5.70. The molecule has 0 spiro atoms. The summed E-state index contributed by atoms with van der Waals surface area (Å²) < 4.78 is 1.04. The minimum Gasteiger partial charge on any atom is -0.320 e. The highest BCUT2D eigenvalue weighted by Crippen LogP contribution is 2.28. The lowest BCUT2D eigenvalue weighted by molar-refractivity contribution is -0.119. The molecule has 2 N–H and O–H groups in total. The van der Waals surface area contributed by atoms with Crippen molar-refractivity contribution in [3.8, 4) is 0 Å². The predicted molar refractivity (Wildman–Crippen MR) is 63.8 cm³/mol. The summed E-state index contributed by atoms with van der Waals surface area (Å²) in [5.74, 6) is -0.00364. The second kappa shape index (κ2) is 3.94. The standard InChI is InChI=1S/C11H13BrN2O/c1-14-10-5-3-8(12)6-7(10)2-4-9(13)11(14)15/h3,5-6,9H,2,4,13H2,1H3/t9-/m0/s1. The van der Waals surface area contributed by atoms with Gasteiger partial charge in [0.2, 0.25) is 5.91 Å². The fourth-order valence-electron chi connectivity index (χ4n) is 1.88. The molecule has 0 bridgehead atoms. The highest BCUT2D eigenvalue weighted by molar-refractivity contribution is 9.10. The van der Waals surface area contributed by atoms with Crippen LogP contribution in [0.4, 0.5) is 5.69 Å². The topological polar surface area (TPSA) is 46.3 Å². The zero-order chi connectivity index (χ0) is 11.0. The van der Waals surface area contributed by atoms with Crippen LogP contribution in [0.1, 0.15) is 12.0 Å². The number of rotatable bonds is 0. The van der Waals surface area contributed by atoms with Crippen molar-refractivity contribution in [1.29, 1.82) is 0 Å². The number of hydrogen-bond acceptors (Lipinski definition) is 2. The molecule has 0 unspecified atom stereocenters. The van der Waals surface area contributed by atoms with Gasteiger partial charge in [-0.05, 0) is 36.6 Å². The third-order valence-electron chi connectivity index (χ3n) is 2.78. The monoisotopic (exact) mass is 268 g/mol. The maximum absolute atomic E-state index is 11.8. The molecule has 2 rings (SSSR count). The van der Waals surface area contributed by atoms with E-state index in [2.05, 4.69) is 22.0 Å². The summed E-state index contributed by atoms with van der Waals surface area (Å²) in [6.07, 6.45) is 1.57. The SMILES string of the molecule is CN1C(=O)[C@@H](N)CCc2cc(Br)ccc21. The Morgan fingerprint density at radius 2 is 2.27 bits per heavy atom. The van der Waals surface area contributed by atoms with Crippen LogP contribution in [0.15, 0.2) is 22.7 Å². The Balaban J connectivity index is 2.47. The third-order valence-corrected chi connectivity index (χ3v) is 3.27. The second-order valence-corrected chi connectivity index (χ2v) is 4.73. The van der Waals surface area contributed by atoms with Gasteiger partial charge < -0.3 is 10.6 Å². The normalized spacial score (nSPS) is 21.1. The number of carbonyl (C=O) groups excluding carboxylic acids is 1. The van der Waals surface area contributed by atoms with Crippen molar-refractivity contribution in [2.45, 2.75) is 18.9 Å². The van der Waals surface area contributed by atoms with Gasteiger partial charge in [0.1, 0.15) is 0 Å². The summed E-state index contributed by atoms with van der Waals surface area (Å²) in [6, 6.07) is 5.58. The van der Waals surface area contributed by atoms with Gasteiger partial charge in [0.15, 0.2) is 0 Å². The smallest absolute Gasteiger partial charge is 0.243 e. The molecule has 80 valence electrons. The highest BCUT2D eigenvalue weighted by atomic mass is 79.9. The van der Waals surface area contributed by atoms with Crippen LogP contribution < -0.4 is 10.6 Å². The van der Waals surface area contributed by atoms with Crippen molar-refractivity contribution in [1.82, 2.24) is 0 Å². The molecular formula is C11H13BrN2O. The molecule has 1 aromatic carbocycles. The number of benzene rings is 1. The van der Waals surface area contributed by atoms with Gasteiger partial charge in [-0.2, -0.15) is 0 Å². The summed E-state index contributed by atoms with van der Waals surface area (Å²) in [4.78, 5) is 13.4. The summed E-state index contributed by atoms with van der Waals surface area (Å²) in [5, 5.41) is 0. The number of likely N-dealkylation sites (N-methyl/N-ethyl adjacent to an activating group) is 1. The first-order valence-electron chi connectivity index (χ1n) is 4.91. The first-order chi connectivity index (χ1) is 7.09. The molecule has 1 aliphatic heterocycles. The quantitative estimate of drug-likeness (QED) is 0.779. The van der Waals surface area contributed by atoms with Crippen molar-refractivity contribution < 1.29 is 4.79 Å². The van der Waals surface area contributed by atoms with E-state index in [9.17, 15) is 4.79 Å². The molecule has 15 heavy (non-hydrogen) atoms. The van der Waals surface area contributed by atoms with Gasteiger partial charge >= 0.3 is 0 Å². The van der Waals surface area contributed by atoms with E-state index in [1.807, 2.05) is 12.1 Å². The van der Waals surface area contributed by atoms with E-state index in [0.29, 0.717) is 6.42 Å². The molecule has 1 aromatic rings. The van der Waals surface area contributed by atoms with Crippen LogP contribution in [-0.2, 0) is 11.2 Å². The summed E-state index contributed by atoms with van der Waals surface area (Å²) in [6.45, 7) is 0. The number of nitrogens with zero attached hydrogens (tertiary/aromatic N) is 1. The van der Waals surface area contributed by atoms with Gasteiger partial charge in [-0.1, -0.05) is 15.9 Å². The molecule has 0 saturated carbocycles. The van der Waals surface area contributed by atoms with Crippen LogP contribution in [0.3, 0.4) is 0 Å². The predicted octanol–water partition coefficient (Wildman–Crippen LogP) is 1.69. The van der Waals surface area contributed by atoms with Crippen molar-refractivity contribution in [3.05, 3.63) is 28.2 Å². The minimum atomic E-state index is -0.374. The third kappa shape index (κ3) is 1.92. The summed E-state index contributed by atoms with van der Waals surface area (Å²) >= 11 is 3.43. The van der Waals surface area contributed by atoms with E-state index in [-0.39, 0.29) is 11.9 Å². The van der Waals surface area contributed by atoms with Crippen molar-refractivity contribution >= 4 is 27.5 Å². The van der Waals surface area contributed by atoms with Crippen molar-refractivity contribution in [2.75, 3.05) is 11.9 Å². The summed E-state index contributed by atoms with van der Waals surface area (Å²) in [5.41, 5.74) is 7.93. The fraction of sp³-hybridized carbons (Fsp3) is 0.364. The number of hydrogen-bond donors (Lipinski definition) is 1. The Labute approximate surface area is 97.4 Å². The fourth-order valence-corrected chi connectivity index (χ4v) is 2.29. The van der Waals surface area contributed by atoms with E-state index in [1.54, 1.807) is 11.9 Å². The minimum absolute atomic E-state index is 0.00364. The van der Waals surface area contributed by atoms with Gasteiger partial charge in [0.25, 0.3) is 0 Å². The number of fused-ring (bicyclic) bond motifs is 1. The highest BCUT2D eigenvalue weighted by Gasteiger charge is 2.24. The van der Waals surface area contributed by atoms with Crippen LogP contribution in [0.2, 0.25) is 0 Å². The van der Waals surface area contributed by atoms with Crippen LogP contribution in [0.5, 0.6) is 0 Å². The molecular weight excluding hydrogens is 256 g/mol. The number of aryl methyl sites for hydroxylation is 1. The largest absolute Gasteiger partial charge is 0.320 e. The molecule has 0 fully saturated rings. The van der Waals surface area contributed by atoms with E-state index < -0.39 is 0 Å². The Bertz CT molecular complexity index is 406. The molecule has 0 aromatic heterocycles. The van der Waals surface area contributed by atoms with Gasteiger partial charge in [-0.3, -0.25) is 4.79 Å². The van der Waals surface area contributed by atoms with Gasteiger partial charge in [0.05, 0.1) is 6.04 Å². The lowest BCUT2D eigenvalue weighted by Gasteiger charge is -2.19. The number of anilines is 1. The van der Waals surface area contributed by atoms with E-state index in [0.717, 1.165) is 16.6 Å². The number of amides is 1. The summed E-state index contributed by atoms with van der Waals surface area (Å²) in [7, 11) is 1.78.